The molecule has 0 aromatic heterocycles. The van der Waals surface area contributed by atoms with E-state index in [2.05, 4.69) is 28.4 Å². The van der Waals surface area contributed by atoms with E-state index in [4.69, 9.17) is 25.8 Å². The number of carbonyl (C=O) groups is 1. The van der Waals surface area contributed by atoms with Crippen molar-refractivity contribution >= 4 is 17.5 Å². The zero-order valence-electron chi connectivity index (χ0n) is 20.5. The Morgan fingerprint density at radius 3 is 2.37 bits per heavy atom. The van der Waals surface area contributed by atoms with Crippen LogP contribution < -0.4 is 19.5 Å². The molecule has 184 valence electrons. The molecule has 2 atom stereocenters. The summed E-state index contributed by atoms with van der Waals surface area (Å²) in [5.41, 5.74) is 3.95. The maximum absolute atomic E-state index is 13.1. The van der Waals surface area contributed by atoms with E-state index in [1.165, 1.54) is 11.1 Å². The van der Waals surface area contributed by atoms with Crippen LogP contribution in [0.25, 0.3) is 0 Å². The molecular weight excluding hydrogens is 464 g/mol. The average molecular weight is 495 g/mol. The van der Waals surface area contributed by atoms with E-state index in [0.29, 0.717) is 22.1 Å². The number of amides is 1. The molecule has 4 rings (SSSR count). The average Bonchev–Trinajstić information content (AvgIpc) is 2.88. The number of hydrogen-bond donors (Lipinski definition) is 1. The van der Waals surface area contributed by atoms with Gasteiger partial charge in [-0.2, -0.15) is 0 Å². The number of hydrogen-bond acceptors (Lipinski definition) is 5. The van der Waals surface area contributed by atoms with Crippen LogP contribution in [-0.2, 0) is 13.0 Å². The quantitative estimate of drug-likeness (QED) is 0.461. The van der Waals surface area contributed by atoms with Crippen molar-refractivity contribution in [3.63, 3.8) is 0 Å². The van der Waals surface area contributed by atoms with Crippen LogP contribution in [0.4, 0.5) is 0 Å². The Bertz CT molecular complexity index is 1180. The minimum Gasteiger partial charge on any atom is -0.497 e. The fourth-order valence-corrected chi connectivity index (χ4v) is 4.99. The van der Waals surface area contributed by atoms with E-state index in [1.54, 1.807) is 33.5 Å². The molecule has 7 heteroatoms. The molecule has 0 fully saturated rings. The van der Waals surface area contributed by atoms with Gasteiger partial charge in [-0.1, -0.05) is 35.9 Å². The van der Waals surface area contributed by atoms with Crippen molar-refractivity contribution in [2.45, 2.75) is 32.0 Å². The lowest BCUT2D eigenvalue weighted by molar-refractivity contribution is 0.0877. The molecule has 1 aliphatic rings. The minimum absolute atomic E-state index is 0.0768. The first-order chi connectivity index (χ1) is 16.9. The fourth-order valence-electron chi connectivity index (χ4n) is 4.77. The highest BCUT2D eigenvalue weighted by atomic mass is 35.5. The number of rotatable bonds is 8. The van der Waals surface area contributed by atoms with Crippen LogP contribution in [0.5, 0.6) is 17.2 Å². The number of nitrogens with zero attached hydrogens (tertiary/aromatic N) is 1. The van der Waals surface area contributed by atoms with Crippen molar-refractivity contribution in [1.29, 1.82) is 0 Å². The molecule has 0 aliphatic carbocycles. The van der Waals surface area contributed by atoms with Gasteiger partial charge in [0.25, 0.3) is 5.91 Å². The molecule has 35 heavy (non-hydrogen) atoms. The molecule has 0 saturated heterocycles. The normalized spacial score (nSPS) is 16.2. The van der Waals surface area contributed by atoms with Crippen LogP contribution >= 0.6 is 11.6 Å². The van der Waals surface area contributed by atoms with Crippen molar-refractivity contribution < 1.29 is 19.0 Å². The standard InChI is InChI=1S/C28H31ClN2O4/c1-18(30-28(32)22-7-5-6-8-24(22)29)27-23-16-26(35-4)25(34-3)15-20(23)13-14-31(27)17-19-9-11-21(33-2)12-10-19/h5-12,15-16,18,27H,13-14,17H2,1-4H3,(H,30,32)/t18-,27+/m0/s1. The molecule has 0 unspecified atom stereocenters. The third-order valence-electron chi connectivity index (χ3n) is 6.52. The number of nitrogens with one attached hydrogen (secondary N) is 1. The van der Waals surface area contributed by atoms with Crippen molar-refractivity contribution in [3.05, 3.63) is 87.9 Å². The topological polar surface area (TPSA) is 60.0 Å². The predicted molar refractivity (Wildman–Crippen MR) is 138 cm³/mol. The second-order valence-corrected chi connectivity index (χ2v) is 9.07. The number of carbonyl (C=O) groups excluding carboxylic acids is 1. The number of fused-ring (bicyclic) bond motifs is 1. The maximum atomic E-state index is 13.1. The lowest BCUT2D eigenvalue weighted by Gasteiger charge is -2.41. The summed E-state index contributed by atoms with van der Waals surface area (Å²) in [5.74, 6) is 2.01. The van der Waals surface area contributed by atoms with Crippen LogP contribution in [0.3, 0.4) is 0 Å². The van der Waals surface area contributed by atoms with E-state index in [1.807, 2.05) is 37.3 Å². The zero-order valence-corrected chi connectivity index (χ0v) is 21.3. The number of methoxy groups -OCH3 is 3. The number of benzene rings is 3. The van der Waals surface area contributed by atoms with Gasteiger partial charge >= 0.3 is 0 Å². The molecule has 3 aromatic carbocycles. The monoisotopic (exact) mass is 494 g/mol. The summed E-state index contributed by atoms with van der Waals surface area (Å²) in [6.07, 6.45) is 0.869. The van der Waals surface area contributed by atoms with E-state index < -0.39 is 0 Å². The van der Waals surface area contributed by atoms with E-state index in [0.717, 1.165) is 30.8 Å². The van der Waals surface area contributed by atoms with Crippen LogP contribution in [0.15, 0.2) is 60.7 Å². The predicted octanol–water partition coefficient (Wildman–Crippen LogP) is 5.28. The van der Waals surface area contributed by atoms with E-state index in [-0.39, 0.29) is 18.0 Å². The van der Waals surface area contributed by atoms with Crippen molar-refractivity contribution in [1.82, 2.24) is 10.2 Å². The first-order valence-electron chi connectivity index (χ1n) is 11.6. The highest BCUT2D eigenvalue weighted by molar-refractivity contribution is 6.33. The molecule has 6 nitrogen and oxygen atoms in total. The maximum Gasteiger partial charge on any atom is 0.253 e. The Morgan fingerprint density at radius 2 is 1.71 bits per heavy atom. The fraction of sp³-hybridized carbons (Fsp3) is 0.321. The van der Waals surface area contributed by atoms with Crippen molar-refractivity contribution in [2.24, 2.45) is 0 Å². The van der Waals surface area contributed by atoms with E-state index >= 15 is 0 Å². The van der Waals surface area contributed by atoms with Gasteiger partial charge in [0, 0.05) is 19.1 Å². The summed E-state index contributed by atoms with van der Waals surface area (Å²) in [6.45, 7) is 3.60. The largest absolute Gasteiger partial charge is 0.497 e. The molecular formula is C28H31ClN2O4. The summed E-state index contributed by atoms with van der Waals surface area (Å²) in [7, 11) is 4.95. The van der Waals surface area contributed by atoms with Gasteiger partial charge < -0.3 is 19.5 Å². The smallest absolute Gasteiger partial charge is 0.253 e. The third kappa shape index (κ3) is 5.39. The molecule has 0 spiro atoms. The Balaban J connectivity index is 1.68. The van der Waals surface area contributed by atoms with Crippen molar-refractivity contribution in [3.8, 4) is 17.2 Å². The van der Waals surface area contributed by atoms with Gasteiger partial charge in [-0.3, -0.25) is 9.69 Å². The number of halogens is 1. The van der Waals surface area contributed by atoms with Gasteiger partial charge in [0.15, 0.2) is 11.5 Å². The van der Waals surface area contributed by atoms with Gasteiger partial charge in [0.2, 0.25) is 0 Å². The van der Waals surface area contributed by atoms with Gasteiger partial charge in [0.1, 0.15) is 5.75 Å². The first kappa shape index (κ1) is 24.9. The molecule has 0 saturated carbocycles. The van der Waals surface area contributed by atoms with Gasteiger partial charge in [0.05, 0.1) is 38.0 Å². The third-order valence-corrected chi connectivity index (χ3v) is 6.85. The van der Waals surface area contributed by atoms with Gasteiger partial charge in [-0.15, -0.1) is 0 Å². The van der Waals surface area contributed by atoms with Crippen LogP contribution in [0.1, 0.15) is 40.0 Å². The highest BCUT2D eigenvalue weighted by Crippen LogP contribution is 2.40. The molecule has 1 N–H and O–H groups in total. The second kappa shape index (κ2) is 11.0. The molecule has 1 aliphatic heterocycles. The van der Waals surface area contributed by atoms with Crippen LogP contribution in [0.2, 0.25) is 5.02 Å². The summed E-state index contributed by atoms with van der Waals surface area (Å²) in [6, 6.07) is 19.0. The number of ether oxygens (including phenoxy) is 3. The summed E-state index contributed by atoms with van der Waals surface area (Å²) in [4.78, 5) is 15.5. The van der Waals surface area contributed by atoms with Crippen LogP contribution in [0, 0.1) is 0 Å². The van der Waals surface area contributed by atoms with Crippen molar-refractivity contribution in [2.75, 3.05) is 27.9 Å². The summed E-state index contributed by atoms with van der Waals surface area (Å²) >= 11 is 6.29. The Hall–Kier alpha value is -3.22. The molecule has 1 amide bonds. The Morgan fingerprint density at radius 1 is 1.03 bits per heavy atom. The summed E-state index contributed by atoms with van der Waals surface area (Å²) < 4.78 is 16.5. The molecule has 1 heterocycles. The van der Waals surface area contributed by atoms with E-state index in [9.17, 15) is 4.79 Å². The summed E-state index contributed by atoms with van der Waals surface area (Å²) in [5, 5.41) is 3.62. The van der Waals surface area contributed by atoms with Gasteiger partial charge in [-0.05, 0) is 66.4 Å². The zero-order chi connectivity index (χ0) is 24.9. The SMILES string of the molecule is COc1ccc(CN2CCc3cc(OC)c(OC)cc3[C@H]2[C@H](C)NC(=O)c2ccccc2Cl)cc1. The Kier molecular flexibility index (Phi) is 7.83. The lowest BCUT2D eigenvalue weighted by atomic mass is 9.87. The highest BCUT2D eigenvalue weighted by Gasteiger charge is 2.34. The van der Waals surface area contributed by atoms with Crippen LogP contribution in [-0.4, -0.2) is 44.7 Å². The Labute approximate surface area is 211 Å². The molecule has 3 aromatic rings. The first-order valence-corrected chi connectivity index (χ1v) is 12.0. The van der Waals surface area contributed by atoms with Gasteiger partial charge in [-0.25, -0.2) is 0 Å². The molecule has 0 bridgehead atoms. The second-order valence-electron chi connectivity index (χ2n) is 8.66. The lowest BCUT2D eigenvalue weighted by Crippen LogP contribution is -2.47. The minimum atomic E-state index is -0.200. The molecule has 0 radical (unpaired) electrons.